The Labute approximate surface area is 185 Å². The monoisotopic (exact) mass is 443 g/mol. The van der Waals surface area contributed by atoms with Crippen molar-refractivity contribution < 1.29 is 9.53 Å². The summed E-state index contributed by atoms with van der Waals surface area (Å²) in [6.07, 6.45) is 2.80. The summed E-state index contributed by atoms with van der Waals surface area (Å²) in [4.78, 5) is 28.0. The number of ether oxygens (including phenoxy) is 1. The van der Waals surface area contributed by atoms with E-state index in [1.807, 2.05) is 40.5 Å². The van der Waals surface area contributed by atoms with Crippen LogP contribution in [0, 0.1) is 5.92 Å². The van der Waals surface area contributed by atoms with Crippen LogP contribution >= 0.6 is 11.8 Å². The second-order valence-electron chi connectivity index (χ2n) is 8.21. The van der Waals surface area contributed by atoms with E-state index in [2.05, 4.69) is 17.1 Å². The molecule has 0 saturated carbocycles. The number of hydrogen-bond donors (Lipinski definition) is 0. The normalized spacial score (nSPS) is 16.3. The van der Waals surface area contributed by atoms with Gasteiger partial charge in [0.05, 0.1) is 16.2 Å². The van der Waals surface area contributed by atoms with Crippen LogP contribution in [0.1, 0.15) is 33.1 Å². The van der Waals surface area contributed by atoms with Gasteiger partial charge < -0.3 is 9.64 Å². The minimum atomic E-state index is -0.284. The molecule has 8 nitrogen and oxygen atoms in total. The molecule has 0 N–H and O–H groups in total. The van der Waals surface area contributed by atoms with Gasteiger partial charge in [-0.3, -0.25) is 18.6 Å². The topological polar surface area (TPSA) is 81.7 Å². The first-order chi connectivity index (χ1) is 15.0. The number of hydrogen-bond acceptors (Lipinski definition) is 6. The highest BCUT2D eigenvalue weighted by Gasteiger charge is 2.27. The molecule has 0 spiro atoms. The van der Waals surface area contributed by atoms with Crippen molar-refractivity contribution in [3.63, 3.8) is 0 Å². The van der Waals surface area contributed by atoms with Gasteiger partial charge in [0.1, 0.15) is 0 Å². The number of thioether (sulfide) groups is 1. The summed E-state index contributed by atoms with van der Waals surface area (Å²) in [6.45, 7) is 6.83. The van der Waals surface area contributed by atoms with Crippen molar-refractivity contribution in [1.82, 2.24) is 24.1 Å². The number of amides is 1. The van der Waals surface area contributed by atoms with Gasteiger partial charge in [-0.2, -0.15) is 0 Å². The molecular weight excluding hydrogens is 414 g/mol. The second kappa shape index (κ2) is 9.40. The van der Waals surface area contributed by atoms with Gasteiger partial charge in [0, 0.05) is 33.4 Å². The van der Waals surface area contributed by atoms with Gasteiger partial charge in [0.2, 0.25) is 11.7 Å². The largest absolute Gasteiger partial charge is 0.385 e. The highest BCUT2D eigenvalue weighted by molar-refractivity contribution is 8.00. The Morgan fingerprint density at radius 1 is 1.26 bits per heavy atom. The summed E-state index contributed by atoms with van der Waals surface area (Å²) in [7, 11) is 1.64. The first-order valence-electron chi connectivity index (χ1n) is 10.8. The SMILES string of the molecule is COCCCn1c(=O)c2ccccc2n2c(SC(C)C(=O)N3CCC(C)CC3)nnc12. The fraction of sp³-hybridized carbons (Fsp3) is 0.545. The third-order valence-electron chi connectivity index (χ3n) is 5.93. The van der Waals surface area contributed by atoms with Gasteiger partial charge in [-0.05, 0) is 44.2 Å². The summed E-state index contributed by atoms with van der Waals surface area (Å²) in [5.41, 5.74) is 0.666. The number of carbonyl (C=O) groups is 1. The van der Waals surface area contributed by atoms with Crippen LogP contribution in [0.2, 0.25) is 0 Å². The Morgan fingerprint density at radius 3 is 2.74 bits per heavy atom. The molecule has 3 aromatic rings. The average molecular weight is 444 g/mol. The molecular formula is C22H29N5O3S. The number of benzene rings is 1. The van der Waals surface area contributed by atoms with Crippen molar-refractivity contribution in [2.45, 2.75) is 50.1 Å². The number of aryl methyl sites for hydroxylation is 1. The van der Waals surface area contributed by atoms with Gasteiger partial charge >= 0.3 is 0 Å². The standard InChI is InChI=1S/C22H29N5O3S/c1-15-9-12-25(13-10-15)19(28)16(2)31-22-24-23-21-26(11-6-14-30-3)20(29)17-7-4-5-8-18(17)27(21)22/h4-5,7-8,15-16H,6,9-14H2,1-3H3. The minimum Gasteiger partial charge on any atom is -0.385 e. The second-order valence-corrected chi connectivity index (χ2v) is 9.51. The van der Waals surface area contributed by atoms with E-state index in [0.717, 1.165) is 31.4 Å². The van der Waals surface area contributed by atoms with Crippen LogP contribution in [0.5, 0.6) is 0 Å². The van der Waals surface area contributed by atoms with E-state index in [4.69, 9.17) is 4.74 Å². The summed E-state index contributed by atoms with van der Waals surface area (Å²) >= 11 is 1.40. The zero-order valence-electron chi connectivity index (χ0n) is 18.3. The maximum Gasteiger partial charge on any atom is 0.262 e. The maximum absolute atomic E-state index is 13.1. The molecule has 1 aliphatic rings. The molecule has 1 aromatic carbocycles. The van der Waals surface area contributed by atoms with E-state index >= 15 is 0 Å². The third kappa shape index (κ3) is 4.34. The molecule has 1 unspecified atom stereocenters. The maximum atomic E-state index is 13.1. The molecule has 0 bridgehead atoms. The van der Waals surface area contributed by atoms with Crippen LogP contribution in [0.3, 0.4) is 0 Å². The van der Waals surface area contributed by atoms with Crippen LogP contribution in [0.4, 0.5) is 0 Å². The number of aromatic nitrogens is 4. The molecule has 1 saturated heterocycles. The van der Waals surface area contributed by atoms with Crippen LogP contribution in [0.15, 0.2) is 34.2 Å². The van der Waals surface area contributed by atoms with E-state index < -0.39 is 0 Å². The fourth-order valence-electron chi connectivity index (χ4n) is 4.07. The summed E-state index contributed by atoms with van der Waals surface area (Å²) in [5.74, 6) is 1.30. The number of likely N-dealkylation sites (tertiary alicyclic amines) is 1. The number of methoxy groups -OCH3 is 1. The first kappa shape index (κ1) is 21.8. The smallest absolute Gasteiger partial charge is 0.262 e. The Kier molecular flexibility index (Phi) is 6.62. The Bertz CT molecular complexity index is 1130. The number of carbonyl (C=O) groups excluding carboxylic acids is 1. The summed E-state index contributed by atoms with van der Waals surface area (Å²) in [6, 6.07) is 7.47. The molecule has 4 rings (SSSR count). The van der Waals surface area contributed by atoms with E-state index in [9.17, 15) is 9.59 Å². The van der Waals surface area contributed by atoms with Gasteiger partial charge in [-0.25, -0.2) is 0 Å². The van der Waals surface area contributed by atoms with Crippen LogP contribution < -0.4 is 5.56 Å². The fourth-order valence-corrected chi connectivity index (χ4v) is 5.01. The highest BCUT2D eigenvalue weighted by Crippen LogP contribution is 2.27. The van der Waals surface area contributed by atoms with Crippen LogP contribution in [0.25, 0.3) is 16.7 Å². The first-order valence-corrected chi connectivity index (χ1v) is 11.7. The molecule has 2 aromatic heterocycles. The van der Waals surface area contributed by atoms with Crippen molar-refractivity contribution in [3.8, 4) is 0 Å². The molecule has 166 valence electrons. The summed E-state index contributed by atoms with van der Waals surface area (Å²) in [5, 5.41) is 9.65. The average Bonchev–Trinajstić information content (AvgIpc) is 3.19. The zero-order valence-corrected chi connectivity index (χ0v) is 19.1. The summed E-state index contributed by atoms with van der Waals surface area (Å²) < 4.78 is 8.70. The third-order valence-corrected chi connectivity index (χ3v) is 6.96. The predicted molar refractivity (Wildman–Crippen MR) is 122 cm³/mol. The van der Waals surface area contributed by atoms with Crippen molar-refractivity contribution in [2.75, 3.05) is 26.8 Å². The molecule has 31 heavy (non-hydrogen) atoms. The number of fused-ring (bicyclic) bond motifs is 3. The molecule has 1 atom stereocenters. The van der Waals surface area contributed by atoms with E-state index in [0.29, 0.717) is 41.8 Å². The van der Waals surface area contributed by atoms with Gasteiger partial charge in [-0.15, -0.1) is 10.2 Å². The number of para-hydroxylation sites is 1. The Balaban J connectivity index is 1.69. The molecule has 1 aliphatic heterocycles. The molecule has 0 aliphatic carbocycles. The zero-order chi connectivity index (χ0) is 22.0. The molecule has 9 heteroatoms. The van der Waals surface area contributed by atoms with Crippen LogP contribution in [-0.2, 0) is 16.1 Å². The van der Waals surface area contributed by atoms with Gasteiger partial charge in [-0.1, -0.05) is 30.8 Å². The molecule has 1 amide bonds. The lowest BCUT2D eigenvalue weighted by Crippen LogP contribution is -2.41. The lowest BCUT2D eigenvalue weighted by atomic mass is 9.99. The van der Waals surface area contributed by atoms with E-state index in [1.54, 1.807) is 11.7 Å². The van der Waals surface area contributed by atoms with Crippen molar-refractivity contribution >= 4 is 34.3 Å². The van der Waals surface area contributed by atoms with E-state index in [-0.39, 0.29) is 16.7 Å². The van der Waals surface area contributed by atoms with Crippen molar-refractivity contribution in [2.24, 2.45) is 5.92 Å². The van der Waals surface area contributed by atoms with Gasteiger partial charge in [0.15, 0.2) is 5.16 Å². The predicted octanol–water partition coefficient (Wildman–Crippen LogP) is 2.82. The van der Waals surface area contributed by atoms with E-state index in [1.165, 1.54) is 11.8 Å². The number of nitrogens with zero attached hydrogens (tertiary/aromatic N) is 5. The Morgan fingerprint density at radius 2 is 2.00 bits per heavy atom. The molecule has 3 heterocycles. The van der Waals surface area contributed by atoms with Crippen molar-refractivity contribution in [3.05, 3.63) is 34.6 Å². The molecule has 0 radical (unpaired) electrons. The van der Waals surface area contributed by atoms with Crippen molar-refractivity contribution in [1.29, 1.82) is 0 Å². The lowest BCUT2D eigenvalue weighted by molar-refractivity contribution is -0.131. The quantitative estimate of drug-likeness (QED) is 0.413. The molecule has 1 fully saturated rings. The van der Waals surface area contributed by atoms with Crippen LogP contribution in [-0.4, -0.2) is 62.0 Å². The Hall–Kier alpha value is -2.39. The van der Waals surface area contributed by atoms with Gasteiger partial charge in [0.25, 0.3) is 5.56 Å². The lowest BCUT2D eigenvalue weighted by Gasteiger charge is -2.31. The minimum absolute atomic E-state index is 0.0882. The highest BCUT2D eigenvalue weighted by atomic mass is 32.2. The number of piperidine rings is 1. The number of rotatable bonds is 7.